The number of hydrogen-bond donors (Lipinski definition) is 0. The van der Waals surface area contributed by atoms with Crippen molar-refractivity contribution < 1.29 is 4.74 Å². The van der Waals surface area contributed by atoms with Crippen LogP contribution in [0.2, 0.25) is 5.02 Å². The molecule has 0 fully saturated rings. The molecule has 0 radical (unpaired) electrons. The average Bonchev–Trinajstić information content (AvgIpc) is 2.03. The molecule has 0 aliphatic carbocycles. The summed E-state index contributed by atoms with van der Waals surface area (Å²) in [6.07, 6.45) is 0. The van der Waals surface area contributed by atoms with Gasteiger partial charge in [0.05, 0.1) is 10.4 Å². The zero-order valence-electron chi connectivity index (χ0n) is 6.76. The Labute approximate surface area is 82.2 Å². The second kappa shape index (κ2) is 4.58. The van der Waals surface area contributed by atoms with Gasteiger partial charge in [0.2, 0.25) is 0 Å². The molecule has 0 aliphatic heterocycles. The summed E-state index contributed by atoms with van der Waals surface area (Å²) in [6, 6.07) is 7.34. The van der Waals surface area contributed by atoms with Gasteiger partial charge in [-0.05, 0) is 19.1 Å². The molecule has 1 nitrogen and oxygen atoms in total. The second-order valence-corrected chi connectivity index (χ2v) is 3.67. The highest BCUT2D eigenvalue weighted by Crippen LogP contribution is 2.23. The van der Waals surface area contributed by atoms with Gasteiger partial charge in [-0.25, -0.2) is 0 Å². The lowest BCUT2D eigenvalue weighted by Gasteiger charge is -2.08. The third-order valence-electron chi connectivity index (χ3n) is 1.31. The number of halogens is 2. The molecule has 0 heterocycles. The largest absolute Gasteiger partial charge is 0.491 e. The molecule has 0 spiro atoms. The fraction of sp³-hybridized carbons (Fsp3) is 0.333. The molecule has 1 aromatic rings. The van der Waals surface area contributed by atoms with E-state index in [-0.39, 0.29) is 5.38 Å². The highest BCUT2D eigenvalue weighted by atomic mass is 35.5. The Morgan fingerprint density at radius 3 is 2.67 bits per heavy atom. The summed E-state index contributed by atoms with van der Waals surface area (Å²) in [5, 5.41) is 0.621. The van der Waals surface area contributed by atoms with Crippen molar-refractivity contribution in [2.75, 3.05) is 6.61 Å². The third kappa shape index (κ3) is 2.92. The van der Waals surface area contributed by atoms with Crippen LogP contribution in [0.1, 0.15) is 6.92 Å². The van der Waals surface area contributed by atoms with E-state index in [0.29, 0.717) is 17.4 Å². The van der Waals surface area contributed by atoms with Crippen LogP contribution in [0.25, 0.3) is 0 Å². The van der Waals surface area contributed by atoms with Crippen molar-refractivity contribution in [1.29, 1.82) is 0 Å². The van der Waals surface area contributed by atoms with Crippen LogP contribution in [0.4, 0.5) is 0 Å². The molecule has 12 heavy (non-hydrogen) atoms. The van der Waals surface area contributed by atoms with Crippen LogP contribution >= 0.6 is 23.2 Å². The van der Waals surface area contributed by atoms with E-state index in [2.05, 4.69) is 0 Å². The summed E-state index contributed by atoms with van der Waals surface area (Å²) in [4.78, 5) is 0. The normalized spacial score (nSPS) is 12.6. The molecule has 1 unspecified atom stereocenters. The first-order valence-electron chi connectivity index (χ1n) is 3.71. The van der Waals surface area contributed by atoms with Crippen molar-refractivity contribution in [3.63, 3.8) is 0 Å². The predicted molar refractivity (Wildman–Crippen MR) is 52.3 cm³/mol. The van der Waals surface area contributed by atoms with Crippen molar-refractivity contribution in [3.8, 4) is 5.75 Å². The highest BCUT2D eigenvalue weighted by molar-refractivity contribution is 6.32. The lowest BCUT2D eigenvalue weighted by molar-refractivity contribution is 0.320. The topological polar surface area (TPSA) is 9.23 Å². The van der Waals surface area contributed by atoms with Gasteiger partial charge in [-0.2, -0.15) is 0 Å². The van der Waals surface area contributed by atoms with Crippen LogP contribution in [-0.4, -0.2) is 12.0 Å². The van der Waals surface area contributed by atoms with Crippen molar-refractivity contribution in [2.24, 2.45) is 0 Å². The van der Waals surface area contributed by atoms with Crippen molar-refractivity contribution in [3.05, 3.63) is 29.3 Å². The zero-order valence-corrected chi connectivity index (χ0v) is 8.27. The van der Waals surface area contributed by atoms with E-state index >= 15 is 0 Å². The minimum absolute atomic E-state index is 0.00118. The quantitative estimate of drug-likeness (QED) is 0.687. The van der Waals surface area contributed by atoms with Gasteiger partial charge < -0.3 is 4.74 Å². The average molecular weight is 205 g/mol. The summed E-state index contributed by atoms with van der Waals surface area (Å²) in [5.74, 6) is 0.687. The molecule has 0 N–H and O–H groups in total. The predicted octanol–water partition coefficient (Wildman–Crippen LogP) is 3.35. The van der Waals surface area contributed by atoms with Gasteiger partial charge in [-0.15, -0.1) is 11.6 Å². The van der Waals surface area contributed by atoms with Gasteiger partial charge in [0.25, 0.3) is 0 Å². The van der Waals surface area contributed by atoms with Crippen LogP contribution < -0.4 is 4.74 Å². The first kappa shape index (κ1) is 9.69. The Morgan fingerprint density at radius 1 is 1.42 bits per heavy atom. The highest BCUT2D eigenvalue weighted by Gasteiger charge is 2.01. The van der Waals surface area contributed by atoms with E-state index in [0.717, 1.165) is 0 Å². The number of rotatable bonds is 3. The van der Waals surface area contributed by atoms with Gasteiger partial charge in [0, 0.05) is 0 Å². The Hall–Kier alpha value is -0.400. The van der Waals surface area contributed by atoms with Gasteiger partial charge >= 0.3 is 0 Å². The maximum atomic E-state index is 5.84. The maximum Gasteiger partial charge on any atom is 0.137 e. The van der Waals surface area contributed by atoms with Crippen LogP contribution in [-0.2, 0) is 0 Å². The van der Waals surface area contributed by atoms with Crippen LogP contribution in [0.5, 0.6) is 5.75 Å². The molecule has 0 aliphatic rings. The minimum atomic E-state index is 0.00118. The molecule has 0 aromatic heterocycles. The van der Waals surface area contributed by atoms with E-state index in [4.69, 9.17) is 27.9 Å². The Kier molecular flexibility index (Phi) is 3.70. The van der Waals surface area contributed by atoms with Gasteiger partial charge in [-0.1, -0.05) is 23.7 Å². The van der Waals surface area contributed by atoms with Crippen LogP contribution in [0.3, 0.4) is 0 Å². The van der Waals surface area contributed by atoms with Gasteiger partial charge in [0.15, 0.2) is 0 Å². The maximum absolute atomic E-state index is 5.84. The molecule has 3 heteroatoms. The number of ether oxygens (including phenoxy) is 1. The standard InChI is InChI=1S/C9H10Cl2O/c1-7(10)6-12-9-5-3-2-4-8(9)11/h2-5,7H,6H2,1H3. The smallest absolute Gasteiger partial charge is 0.137 e. The summed E-state index contributed by atoms with van der Waals surface area (Å²) in [5.41, 5.74) is 0. The fourth-order valence-electron chi connectivity index (χ4n) is 0.766. The summed E-state index contributed by atoms with van der Waals surface area (Å²) in [7, 11) is 0. The minimum Gasteiger partial charge on any atom is -0.491 e. The molecule has 0 saturated heterocycles. The number of alkyl halides is 1. The first-order chi connectivity index (χ1) is 5.70. The Balaban J connectivity index is 2.57. The van der Waals surface area contributed by atoms with Crippen molar-refractivity contribution >= 4 is 23.2 Å². The van der Waals surface area contributed by atoms with Gasteiger partial charge in [-0.3, -0.25) is 0 Å². The summed E-state index contributed by atoms with van der Waals surface area (Å²) < 4.78 is 5.33. The summed E-state index contributed by atoms with van der Waals surface area (Å²) in [6.45, 7) is 2.35. The van der Waals surface area contributed by atoms with E-state index in [1.165, 1.54) is 0 Å². The molecule has 66 valence electrons. The SMILES string of the molecule is CC(Cl)COc1ccccc1Cl. The monoisotopic (exact) mass is 204 g/mol. The molecular formula is C9H10Cl2O. The molecule has 1 aromatic carbocycles. The Morgan fingerprint density at radius 2 is 2.08 bits per heavy atom. The first-order valence-corrected chi connectivity index (χ1v) is 4.53. The fourth-order valence-corrected chi connectivity index (χ4v) is 1.02. The molecule has 0 bridgehead atoms. The summed E-state index contributed by atoms with van der Waals surface area (Å²) >= 11 is 11.6. The van der Waals surface area contributed by atoms with E-state index in [9.17, 15) is 0 Å². The molecule has 1 atom stereocenters. The molecule has 0 amide bonds. The van der Waals surface area contributed by atoms with Crippen LogP contribution in [0.15, 0.2) is 24.3 Å². The Bertz CT molecular complexity index is 248. The molecule has 0 saturated carbocycles. The van der Waals surface area contributed by atoms with E-state index in [1.807, 2.05) is 25.1 Å². The van der Waals surface area contributed by atoms with E-state index in [1.54, 1.807) is 6.07 Å². The van der Waals surface area contributed by atoms with Crippen molar-refractivity contribution in [2.45, 2.75) is 12.3 Å². The number of benzene rings is 1. The molecular weight excluding hydrogens is 195 g/mol. The van der Waals surface area contributed by atoms with Crippen molar-refractivity contribution in [1.82, 2.24) is 0 Å². The van der Waals surface area contributed by atoms with Gasteiger partial charge in [0.1, 0.15) is 12.4 Å². The third-order valence-corrected chi connectivity index (χ3v) is 1.74. The lowest BCUT2D eigenvalue weighted by Crippen LogP contribution is -2.07. The second-order valence-electron chi connectivity index (χ2n) is 2.52. The van der Waals surface area contributed by atoms with Crippen LogP contribution in [0, 0.1) is 0 Å². The lowest BCUT2D eigenvalue weighted by atomic mass is 10.3. The zero-order chi connectivity index (χ0) is 8.97. The van der Waals surface area contributed by atoms with E-state index < -0.39 is 0 Å². The number of para-hydroxylation sites is 1. The molecule has 1 rings (SSSR count). The number of hydrogen-bond acceptors (Lipinski definition) is 1.